The van der Waals surface area contributed by atoms with E-state index in [0.29, 0.717) is 101 Å². The highest BCUT2D eigenvalue weighted by atomic mass is 32.7. The number of phosphoric acid groups is 1. The molecule has 4 aliphatic carbocycles. The SMILES string of the molecule is CC(=O)NC1C(O)CC(CO)OC1OCCCCC(=O)N[C@@H](CCCCNC(=O)CCCCOC1OC(CO)C(O)C(O)C1NC(C)=O)C(=O)NCCCCCC(=O)N1C[C@H](O)C[C@H]1COP(=O)(O)O[C@@H]1C[C@@H](COP(=O)(O)S)N(C(=O)CCCCCNC(=O)O[C@H]2CC[C@@]3(C)C(=CCC4C5CCC(C(C)CCCC(C)C)[C@@]5(C)CCC43)C2)C1. The van der Waals surface area contributed by atoms with Crippen LogP contribution in [0.5, 0.6) is 0 Å². The number of ether oxygens (including phenoxy) is 5. The van der Waals surface area contributed by atoms with Crippen LogP contribution in [0.1, 0.15) is 248 Å². The summed E-state index contributed by atoms with van der Waals surface area (Å²) in [5.74, 6) is 1.74. The Hall–Kier alpha value is -4.49. The van der Waals surface area contributed by atoms with Gasteiger partial charge in [-0.25, -0.2) is 13.9 Å². The third-order valence-corrected chi connectivity index (χ3v) is 28.1. The van der Waals surface area contributed by atoms with E-state index in [4.69, 9.17) is 37.3 Å². The number of allylic oxidation sites excluding steroid dienone is 1. The molecule has 14 N–H and O–H groups in total. The molecule has 0 aromatic carbocycles. The van der Waals surface area contributed by atoms with Gasteiger partial charge >= 0.3 is 20.7 Å². The molecule has 3 saturated carbocycles. The van der Waals surface area contributed by atoms with E-state index < -0.39 is 150 Å². The Balaban J connectivity index is 0.721. The highest BCUT2D eigenvalue weighted by Gasteiger charge is 2.60. The first kappa shape index (κ1) is 99.9. The van der Waals surface area contributed by atoms with Gasteiger partial charge in [-0.05, 0) is 175 Å². The van der Waals surface area contributed by atoms with Crippen LogP contribution in [0.3, 0.4) is 0 Å². The molecule has 16 unspecified atom stereocenters. The van der Waals surface area contributed by atoms with Gasteiger partial charge in [0.1, 0.15) is 42.5 Å². The monoisotopic (exact) mass is 1750 g/mol. The fraction of sp³-hybridized carbons (Fsp3) is 0.878. The number of nitrogens with zero attached hydrogens (tertiary/aromatic N) is 2. The molecule has 34 nitrogen and oxygen atoms in total. The number of carbonyl (C=O) groups excluding carboxylic acids is 8. The summed E-state index contributed by atoms with van der Waals surface area (Å²) in [5, 5.41) is 78.0. The Labute approximate surface area is 707 Å². The molecule has 0 aromatic rings. The largest absolute Gasteiger partial charge is 0.472 e. The number of thiol groups is 1. The zero-order valence-corrected chi connectivity index (χ0v) is 73.7. The molecule has 7 fully saturated rings. The molecular formula is C82H142N8O26P2S. The predicted molar refractivity (Wildman–Crippen MR) is 441 cm³/mol. The van der Waals surface area contributed by atoms with Gasteiger partial charge in [-0.15, -0.1) is 0 Å². The number of carbonyl (C=O) groups is 8. The lowest BCUT2D eigenvalue weighted by atomic mass is 9.47. The molecule has 0 bridgehead atoms. The maximum atomic E-state index is 13.8. The first-order valence-corrected chi connectivity index (χ1v) is 48.2. The number of phosphoric ester groups is 1. The standard InChI is InChI=1S/C82H142N8O26P2S/c1-51(2)21-20-22-52(3)63-30-31-64-62-29-28-55-41-59(32-34-81(55,6)65(62)33-35-82(63,64)7)114-80(104)85-38-16-9-11-27-72(100)90-46-60(43-57(90)50-112-118(107,108)119)116-117(105,106)111-49-56-42-58(95)45-89(56)71(99)26-10-8-15-37-84-77(103)66(88-70(98)25-14-19-39-109-78-73(86-53(4)93)67(96)44-61(47-91)113-78)23-12-17-36-83-69(97)24-13-18-40-110-79-74(87-54(5)94)76(102)75(101)68(48-92)115-79/h28,51-52,56-68,73-76,78-79,91-92,95-96,101-102H,8-27,29-50H2,1-7H3,(H,83,97)(H,84,103)(H,85,104)(H,86,93)(H,87,94)(H,88,98)(H,105,106)(H2,107,108,119)/t52?,56-,57-,58+,59-,60+,61?,62?,63?,64?,65?,66-,67?,68?,73?,74?,75?,76?,78?,79?,81-,82+/m0/s1. The molecule has 0 radical (unpaired) electrons. The molecule has 24 atom stereocenters. The van der Waals surface area contributed by atoms with E-state index >= 15 is 0 Å². The number of unbranched alkanes of at least 4 members (excludes halogenated alkanes) is 7. The Kier molecular flexibility index (Phi) is 40.5. The quantitative estimate of drug-likeness (QED) is 0.0133. The third kappa shape index (κ3) is 30.7. The van der Waals surface area contributed by atoms with Crippen molar-refractivity contribution in [2.24, 2.45) is 46.3 Å². The minimum absolute atomic E-state index is 0.00929. The number of aliphatic hydroxyl groups excluding tert-OH is 6. The van der Waals surface area contributed by atoms with Crippen LogP contribution in [0.25, 0.3) is 0 Å². The van der Waals surface area contributed by atoms with E-state index in [0.717, 1.165) is 49.4 Å². The van der Waals surface area contributed by atoms with Crippen molar-refractivity contribution in [1.29, 1.82) is 0 Å². The van der Waals surface area contributed by atoms with E-state index in [2.05, 4.69) is 84.8 Å². The lowest BCUT2D eigenvalue weighted by Crippen LogP contribution is -2.64. The molecule has 0 aromatic heterocycles. The number of nitrogens with one attached hydrogen (secondary N) is 6. The molecule has 37 heteroatoms. The Bertz CT molecular complexity index is 3390. The fourth-order valence-corrected chi connectivity index (χ4v) is 21.5. The minimum Gasteiger partial charge on any atom is -0.446 e. The minimum atomic E-state index is -4.89. The Morgan fingerprint density at radius 3 is 1.89 bits per heavy atom. The number of fused-ring (bicyclic) bond motifs is 5. The average Bonchev–Trinajstić information content (AvgIpc) is 1.66. The summed E-state index contributed by atoms with van der Waals surface area (Å²) in [6, 6.07) is -4.58. The zero-order valence-electron chi connectivity index (χ0n) is 71.1. The van der Waals surface area contributed by atoms with Crippen molar-refractivity contribution in [2.45, 2.75) is 339 Å². The van der Waals surface area contributed by atoms with E-state index in [9.17, 15) is 87.9 Å². The number of hydrogen-bond donors (Lipinski definition) is 15. The first-order valence-electron chi connectivity index (χ1n) is 44.0. The Morgan fingerprint density at radius 1 is 0.622 bits per heavy atom. The maximum Gasteiger partial charge on any atom is 0.472 e. The van der Waals surface area contributed by atoms with Gasteiger partial charge in [-0.2, -0.15) is 0 Å². The van der Waals surface area contributed by atoms with E-state index in [1.54, 1.807) is 0 Å². The smallest absolute Gasteiger partial charge is 0.446 e. The van der Waals surface area contributed by atoms with Gasteiger partial charge in [0.25, 0.3) is 0 Å². The summed E-state index contributed by atoms with van der Waals surface area (Å²) in [4.78, 5) is 128. The number of aliphatic hydroxyl groups is 6. The summed E-state index contributed by atoms with van der Waals surface area (Å²) >= 11 is 3.63. The number of alkyl carbamates (subject to hydrolysis) is 1. The second kappa shape index (κ2) is 48.3. The average molecular weight is 1750 g/mol. The fourth-order valence-electron chi connectivity index (χ4n) is 20.0. The molecule has 0 spiro atoms. The molecule has 8 aliphatic rings. The molecule has 8 amide bonds. The topological polar surface area (TPSA) is 485 Å². The molecule has 119 heavy (non-hydrogen) atoms. The van der Waals surface area contributed by atoms with Crippen LogP contribution < -0.4 is 31.9 Å². The number of β-amino-alcohol motifs (C(OH)–C–C–N with tert-alkyl or cyclic N) is 1. The molecule has 4 heterocycles. The molecule has 4 aliphatic heterocycles. The molecule has 4 saturated heterocycles. The Morgan fingerprint density at radius 2 is 1.24 bits per heavy atom. The normalized spacial score (nSPS) is 32.1. The highest BCUT2D eigenvalue weighted by Crippen LogP contribution is 2.67. The van der Waals surface area contributed by atoms with Gasteiger partial charge in [0.2, 0.25) is 41.4 Å². The number of rotatable bonds is 49. The van der Waals surface area contributed by atoms with Gasteiger partial charge < -0.3 is 106 Å². The first-order chi connectivity index (χ1) is 56.5. The summed E-state index contributed by atoms with van der Waals surface area (Å²) in [5.41, 5.74) is 2.00. The van der Waals surface area contributed by atoms with Crippen molar-refractivity contribution in [3.63, 3.8) is 0 Å². The third-order valence-electron chi connectivity index (χ3n) is 26.2. The van der Waals surface area contributed by atoms with Crippen LogP contribution in [-0.4, -0.2) is 262 Å². The van der Waals surface area contributed by atoms with Crippen LogP contribution >= 0.6 is 26.9 Å². The van der Waals surface area contributed by atoms with Crippen molar-refractivity contribution in [2.75, 3.05) is 72.4 Å². The van der Waals surface area contributed by atoms with Gasteiger partial charge in [-0.1, -0.05) is 90.6 Å². The second-order valence-electron chi connectivity index (χ2n) is 35.6. The molecule has 8 rings (SSSR count). The van der Waals surface area contributed by atoms with Crippen molar-refractivity contribution in [3.05, 3.63) is 11.6 Å². The summed E-state index contributed by atoms with van der Waals surface area (Å²) in [6.07, 6.45) is 10.5. The van der Waals surface area contributed by atoms with E-state index in [-0.39, 0.29) is 127 Å². The number of amides is 8. The molecule has 682 valence electrons. The van der Waals surface area contributed by atoms with Crippen LogP contribution in [0.2, 0.25) is 0 Å². The van der Waals surface area contributed by atoms with E-state index in [1.165, 1.54) is 74.2 Å². The summed E-state index contributed by atoms with van der Waals surface area (Å²) in [7, 11) is -4.89. The van der Waals surface area contributed by atoms with Crippen LogP contribution in [0, 0.1) is 46.3 Å². The van der Waals surface area contributed by atoms with Gasteiger partial charge in [0.05, 0.1) is 62.9 Å². The van der Waals surface area contributed by atoms with Crippen molar-refractivity contribution < 1.29 is 125 Å². The van der Waals surface area contributed by atoms with Gasteiger partial charge in [0, 0.05) is 98.3 Å². The zero-order chi connectivity index (χ0) is 86.8. The maximum absolute atomic E-state index is 13.8. The molecular weight excluding hydrogens is 1610 g/mol. The van der Waals surface area contributed by atoms with Crippen LogP contribution in [0.15, 0.2) is 11.6 Å². The number of hydrogen-bond acceptors (Lipinski definition) is 24. The second-order valence-corrected chi connectivity index (χ2v) is 39.8. The lowest BCUT2D eigenvalue weighted by Gasteiger charge is -2.58. The van der Waals surface area contributed by atoms with E-state index in [1.807, 2.05) is 0 Å². The summed E-state index contributed by atoms with van der Waals surface area (Å²) < 4.78 is 70.8. The highest BCUT2D eigenvalue weighted by molar-refractivity contribution is 8.44. The van der Waals surface area contributed by atoms with Crippen molar-refractivity contribution in [1.82, 2.24) is 41.7 Å². The van der Waals surface area contributed by atoms with Gasteiger partial charge in [-0.3, -0.25) is 47.1 Å². The van der Waals surface area contributed by atoms with Crippen molar-refractivity contribution in [3.8, 4) is 0 Å². The predicted octanol–water partition coefficient (Wildman–Crippen LogP) is 6.53. The van der Waals surface area contributed by atoms with Crippen molar-refractivity contribution >= 4 is 74.3 Å². The van der Waals surface area contributed by atoms with Crippen LogP contribution in [-0.2, 0) is 79.9 Å². The van der Waals surface area contributed by atoms with Gasteiger partial charge in [0.15, 0.2) is 12.6 Å². The van der Waals surface area contributed by atoms with Crippen LogP contribution in [0.4, 0.5) is 4.79 Å². The number of likely N-dealkylation sites (tertiary alicyclic amines) is 2. The summed E-state index contributed by atoms with van der Waals surface area (Å²) in [6.45, 7) is 9.35. The lowest BCUT2D eigenvalue weighted by molar-refractivity contribution is -0.270.